The van der Waals surface area contributed by atoms with Gasteiger partial charge in [0, 0.05) is 29.4 Å². The molecule has 1 aliphatic rings. The fourth-order valence-electron chi connectivity index (χ4n) is 3.15. The second-order valence-electron chi connectivity index (χ2n) is 5.72. The molecule has 0 unspecified atom stereocenters. The summed E-state index contributed by atoms with van der Waals surface area (Å²) in [6, 6.07) is 6.38. The van der Waals surface area contributed by atoms with Gasteiger partial charge in [-0.3, -0.25) is 0 Å². The monoisotopic (exact) mass is 310 g/mol. The minimum Gasteiger partial charge on any atom is -0.389 e. The predicted octanol–water partition coefficient (Wildman–Crippen LogP) is 4.38. The third-order valence-electron chi connectivity index (χ3n) is 4.55. The molecule has 1 fully saturated rings. The average Bonchev–Trinajstić information content (AvgIpc) is 2.46. The summed E-state index contributed by atoms with van der Waals surface area (Å²) < 4.78 is 0. The molecule has 110 valence electrons. The van der Waals surface area contributed by atoms with Crippen molar-refractivity contribution in [3.63, 3.8) is 0 Å². The Hall–Kier alpha value is -0.800. The summed E-state index contributed by atoms with van der Waals surface area (Å²) in [5.74, 6) is 0.903. The van der Waals surface area contributed by atoms with Crippen LogP contribution in [0, 0.1) is 5.92 Å². The molecule has 4 heteroatoms. The molecule has 20 heavy (non-hydrogen) atoms. The topological polar surface area (TPSA) is 29.3 Å². The van der Waals surface area contributed by atoms with Gasteiger partial charge in [0.1, 0.15) is 4.99 Å². The van der Waals surface area contributed by atoms with E-state index in [1.807, 2.05) is 18.2 Å². The molecular weight excluding hydrogens is 288 g/mol. The van der Waals surface area contributed by atoms with E-state index in [9.17, 15) is 0 Å². The van der Waals surface area contributed by atoms with Gasteiger partial charge in [-0.15, -0.1) is 0 Å². The Morgan fingerprint density at radius 3 is 2.55 bits per heavy atom. The highest BCUT2D eigenvalue weighted by Gasteiger charge is 2.24. The fourth-order valence-corrected chi connectivity index (χ4v) is 3.49. The molecule has 0 saturated heterocycles. The molecule has 1 saturated carbocycles. The first-order chi connectivity index (χ1) is 9.52. The maximum absolute atomic E-state index is 6.06. The van der Waals surface area contributed by atoms with Crippen LogP contribution in [0.5, 0.6) is 0 Å². The van der Waals surface area contributed by atoms with Gasteiger partial charge < -0.3 is 10.6 Å². The number of rotatable bonds is 4. The molecule has 0 bridgehead atoms. The van der Waals surface area contributed by atoms with E-state index in [0.717, 1.165) is 17.2 Å². The number of hydrogen-bond acceptors (Lipinski definition) is 2. The van der Waals surface area contributed by atoms with Crippen molar-refractivity contribution >= 4 is 34.5 Å². The summed E-state index contributed by atoms with van der Waals surface area (Å²) in [6.45, 7) is 2.29. The molecule has 0 amide bonds. The molecule has 0 spiro atoms. The van der Waals surface area contributed by atoms with E-state index in [2.05, 4.69) is 18.9 Å². The minimum absolute atomic E-state index is 0.414. The van der Waals surface area contributed by atoms with Crippen molar-refractivity contribution in [2.45, 2.75) is 45.1 Å². The second kappa shape index (κ2) is 6.77. The minimum atomic E-state index is 0.414. The molecule has 0 atom stereocenters. The second-order valence-corrected chi connectivity index (χ2v) is 6.60. The molecule has 0 aromatic heterocycles. The van der Waals surface area contributed by atoms with E-state index in [1.165, 1.54) is 32.1 Å². The maximum atomic E-state index is 6.06. The summed E-state index contributed by atoms with van der Waals surface area (Å²) in [5, 5.41) is 0.680. The Balaban J connectivity index is 2.17. The Labute approximate surface area is 132 Å². The largest absolute Gasteiger partial charge is 0.389 e. The first-order valence-electron chi connectivity index (χ1n) is 7.35. The zero-order chi connectivity index (χ0) is 14.7. The van der Waals surface area contributed by atoms with Crippen molar-refractivity contribution in [2.75, 3.05) is 11.9 Å². The van der Waals surface area contributed by atoms with Crippen LogP contribution in [0.4, 0.5) is 5.69 Å². The number of halogens is 1. The summed E-state index contributed by atoms with van der Waals surface area (Å²) in [4.78, 5) is 2.74. The number of nitrogens with two attached hydrogens (primary N) is 1. The number of nitrogens with zero attached hydrogens (tertiary/aromatic N) is 1. The smallest absolute Gasteiger partial charge is 0.106 e. The van der Waals surface area contributed by atoms with Gasteiger partial charge in [0.05, 0.1) is 0 Å². The van der Waals surface area contributed by atoms with Crippen molar-refractivity contribution in [1.29, 1.82) is 0 Å². The first-order valence-corrected chi connectivity index (χ1v) is 8.13. The lowest BCUT2D eigenvalue weighted by Gasteiger charge is -2.36. The Morgan fingerprint density at radius 2 is 2.00 bits per heavy atom. The first kappa shape index (κ1) is 15.6. The van der Waals surface area contributed by atoms with Crippen LogP contribution in [-0.4, -0.2) is 18.1 Å². The lowest BCUT2D eigenvalue weighted by molar-refractivity contribution is 0.313. The Morgan fingerprint density at radius 1 is 1.35 bits per heavy atom. The van der Waals surface area contributed by atoms with Crippen LogP contribution in [0.1, 0.15) is 44.6 Å². The van der Waals surface area contributed by atoms with Crippen LogP contribution in [0.3, 0.4) is 0 Å². The van der Waals surface area contributed by atoms with Crippen LogP contribution in [-0.2, 0) is 0 Å². The van der Waals surface area contributed by atoms with Gasteiger partial charge in [0.25, 0.3) is 0 Å². The zero-order valence-electron chi connectivity index (χ0n) is 12.2. The van der Waals surface area contributed by atoms with Crippen LogP contribution < -0.4 is 10.6 Å². The molecule has 1 aromatic rings. The maximum Gasteiger partial charge on any atom is 0.106 e. The molecule has 2 N–H and O–H groups in total. The fraction of sp³-hybridized carbons (Fsp3) is 0.562. The summed E-state index contributed by atoms with van der Waals surface area (Å²) >= 11 is 11.2. The van der Waals surface area contributed by atoms with Crippen LogP contribution in [0.25, 0.3) is 0 Å². The van der Waals surface area contributed by atoms with E-state index in [-0.39, 0.29) is 0 Å². The molecule has 2 nitrogen and oxygen atoms in total. The van der Waals surface area contributed by atoms with Gasteiger partial charge in [0.2, 0.25) is 0 Å². The van der Waals surface area contributed by atoms with Crippen LogP contribution in [0.15, 0.2) is 18.2 Å². The van der Waals surface area contributed by atoms with Gasteiger partial charge in [-0.05, 0) is 49.8 Å². The van der Waals surface area contributed by atoms with Crippen molar-refractivity contribution in [3.05, 3.63) is 28.8 Å². The van der Waals surface area contributed by atoms with E-state index in [0.29, 0.717) is 16.1 Å². The Bertz CT molecular complexity index is 481. The third kappa shape index (κ3) is 3.44. The number of anilines is 1. The molecule has 1 aliphatic carbocycles. The quantitative estimate of drug-likeness (QED) is 0.837. The number of benzene rings is 1. The van der Waals surface area contributed by atoms with Gasteiger partial charge in [-0.2, -0.15) is 0 Å². The summed E-state index contributed by atoms with van der Waals surface area (Å²) in [7, 11) is 2.14. The van der Waals surface area contributed by atoms with Gasteiger partial charge in [-0.1, -0.05) is 37.2 Å². The van der Waals surface area contributed by atoms with Crippen LogP contribution in [0.2, 0.25) is 5.02 Å². The van der Waals surface area contributed by atoms with Gasteiger partial charge >= 0.3 is 0 Å². The van der Waals surface area contributed by atoms with Gasteiger partial charge in [-0.25, -0.2) is 0 Å². The predicted molar refractivity (Wildman–Crippen MR) is 91.8 cm³/mol. The van der Waals surface area contributed by atoms with E-state index < -0.39 is 0 Å². The lowest BCUT2D eigenvalue weighted by atomic mass is 9.84. The molecule has 0 radical (unpaired) electrons. The molecule has 0 aliphatic heterocycles. The van der Waals surface area contributed by atoms with Gasteiger partial charge in [0.15, 0.2) is 0 Å². The third-order valence-corrected chi connectivity index (χ3v) is 5.00. The van der Waals surface area contributed by atoms with Crippen molar-refractivity contribution in [3.8, 4) is 0 Å². The lowest BCUT2D eigenvalue weighted by Crippen LogP contribution is -2.36. The highest BCUT2D eigenvalue weighted by atomic mass is 35.5. The van der Waals surface area contributed by atoms with Crippen molar-refractivity contribution in [1.82, 2.24) is 0 Å². The summed E-state index contributed by atoms with van der Waals surface area (Å²) in [5.41, 5.74) is 7.82. The highest BCUT2D eigenvalue weighted by molar-refractivity contribution is 7.80. The standard InChI is InChI=1S/C16H23ClN2S/c1-3-11-4-7-13(8-5-11)19(2)15-9-6-12(17)10-14(15)16(18)20/h6,9-11,13H,3-5,7-8H2,1-2H3,(H2,18,20). The van der Waals surface area contributed by atoms with Crippen molar-refractivity contribution < 1.29 is 0 Å². The zero-order valence-corrected chi connectivity index (χ0v) is 13.8. The normalized spacial score (nSPS) is 22.6. The number of thiocarbonyl (C=S) groups is 1. The molecule has 1 aromatic carbocycles. The molecule has 0 heterocycles. The van der Waals surface area contributed by atoms with E-state index in [1.54, 1.807) is 0 Å². The highest BCUT2D eigenvalue weighted by Crippen LogP contribution is 2.33. The van der Waals surface area contributed by atoms with Crippen LogP contribution >= 0.6 is 23.8 Å². The molecular formula is C16H23ClN2S. The van der Waals surface area contributed by atoms with E-state index in [4.69, 9.17) is 29.6 Å². The molecule has 2 rings (SSSR count). The van der Waals surface area contributed by atoms with Crippen molar-refractivity contribution in [2.24, 2.45) is 11.7 Å². The number of hydrogen-bond donors (Lipinski definition) is 1. The average molecular weight is 311 g/mol. The summed E-state index contributed by atoms with van der Waals surface area (Å²) in [6.07, 6.45) is 6.43. The Kier molecular flexibility index (Phi) is 5.28. The van der Waals surface area contributed by atoms with E-state index >= 15 is 0 Å². The SMILES string of the molecule is CCC1CCC(N(C)c2ccc(Cl)cc2C(N)=S)CC1.